The number of benzene rings is 4. The first kappa shape index (κ1) is 17.4. The number of rotatable bonds is 3. The van der Waals surface area contributed by atoms with Gasteiger partial charge in [-0.25, -0.2) is 0 Å². The molecule has 0 amide bonds. The molecule has 0 saturated heterocycles. The second-order valence-electron chi connectivity index (χ2n) is 6.61. The molecule has 0 N–H and O–H groups in total. The molecule has 0 radical (unpaired) electrons. The molecule has 2 heteroatoms. The fourth-order valence-electron chi connectivity index (χ4n) is 3.41. The maximum Gasteiger partial charge on any atom is 0.167 e. The van der Waals surface area contributed by atoms with Gasteiger partial charge in [-0.3, -0.25) is 0 Å². The molecule has 28 heavy (non-hydrogen) atoms. The average molecular weight is 396 g/mol. The first-order valence-electron chi connectivity index (χ1n) is 9.32. The quantitative estimate of drug-likeness (QED) is 0.286. The average Bonchev–Trinajstić information content (AvgIpc) is 2.95. The van der Waals surface area contributed by atoms with Crippen molar-refractivity contribution in [2.45, 2.75) is 24.5 Å². The van der Waals surface area contributed by atoms with E-state index in [4.69, 9.17) is 0 Å². The highest BCUT2D eigenvalue weighted by Gasteiger charge is 2.29. The van der Waals surface area contributed by atoms with E-state index in [9.17, 15) is 0 Å². The molecule has 0 aliphatic carbocycles. The largest absolute Gasteiger partial charge is 0.167 e. The van der Waals surface area contributed by atoms with Gasteiger partial charge in [-0.1, -0.05) is 78.5 Å². The lowest BCUT2D eigenvalue weighted by atomic mass is 10.1. The molecule has 1 aliphatic rings. The lowest BCUT2D eigenvalue weighted by molar-refractivity contribution is 1.27. The third kappa shape index (κ3) is 3.42. The first-order chi connectivity index (χ1) is 13.9. The maximum atomic E-state index is 2.37. The highest BCUT2D eigenvalue weighted by molar-refractivity contribution is 7.99. The van der Waals surface area contributed by atoms with E-state index in [0.29, 0.717) is 0 Å². The molecule has 0 bridgehead atoms. The lowest BCUT2D eigenvalue weighted by Gasteiger charge is -2.10. The van der Waals surface area contributed by atoms with Gasteiger partial charge in [-0.05, 0) is 53.6 Å². The Morgan fingerprint density at radius 2 is 1.04 bits per heavy atom. The van der Waals surface area contributed by atoms with Crippen LogP contribution >= 0.6 is 11.8 Å². The van der Waals surface area contributed by atoms with E-state index >= 15 is 0 Å². The molecule has 1 heterocycles. The molecule has 5 rings (SSSR count). The summed E-state index contributed by atoms with van der Waals surface area (Å²) in [5.41, 5.74) is 2.58. The van der Waals surface area contributed by atoms with Crippen LogP contribution in [0.5, 0.6) is 0 Å². The molecule has 0 saturated carbocycles. The van der Waals surface area contributed by atoms with E-state index in [0.717, 1.165) is 0 Å². The van der Waals surface area contributed by atoms with Crippen molar-refractivity contribution in [1.82, 2.24) is 0 Å². The SMILES string of the molecule is C1=Cc2cc([S+](c3ccccc3)c3ccccc3)ccc2Sc2ccccc21. The van der Waals surface area contributed by atoms with E-state index in [2.05, 4.69) is 115 Å². The Morgan fingerprint density at radius 1 is 0.464 bits per heavy atom. The van der Waals surface area contributed by atoms with E-state index in [-0.39, 0.29) is 10.9 Å². The lowest BCUT2D eigenvalue weighted by Crippen LogP contribution is -2.05. The molecule has 0 unspecified atom stereocenters. The van der Waals surface area contributed by atoms with Gasteiger partial charge in [0.15, 0.2) is 14.7 Å². The Kier molecular flexibility index (Phi) is 4.82. The highest BCUT2D eigenvalue weighted by Crippen LogP contribution is 2.40. The van der Waals surface area contributed by atoms with Gasteiger partial charge in [0.25, 0.3) is 0 Å². The molecule has 1 aliphatic heterocycles. The van der Waals surface area contributed by atoms with Gasteiger partial charge < -0.3 is 0 Å². The van der Waals surface area contributed by atoms with Gasteiger partial charge in [0.1, 0.15) is 0 Å². The summed E-state index contributed by atoms with van der Waals surface area (Å²) in [6.45, 7) is 0. The van der Waals surface area contributed by atoms with Crippen LogP contribution in [0.2, 0.25) is 0 Å². The minimum Gasteiger partial charge on any atom is -0.0888 e. The van der Waals surface area contributed by atoms with Gasteiger partial charge in [-0.15, -0.1) is 0 Å². The molecular weight excluding hydrogens is 376 g/mol. The topological polar surface area (TPSA) is 0 Å². The molecule has 0 atom stereocenters. The summed E-state index contributed by atoms with van der Waals surface area (Å²) < 4.78 is 0. The van der Waals surface area contributed by atoms with Gasteiger partial charge in [0.05, 0.1) is 10.9 Å². The minimum absolute atomic E-state index is 0.112. The Labute approximate surface area is 173 Å². The van der Waals surface area contributed by atoms with Crippen molar-refractivity contribution in [2.75, 3.05) is 0 Å². The molecule has 0 aromatic heterocycles. The summed E-state index contributed by atoms with van der Waals surface area (Å²) in [5, 5.41) is 0. The maximum absolute atomic E-state index is 2.37. The smallest absolute Gasteiger partial charge is 0.0888 e. The zero-order chi connectivity index (χ0) is 18.8. The van der Waals surface area contributed by atoms with Crippen LogP contribution < -0.4 is 0 Å². The minimum atomic E-state index is -0.112. The number of hydrogen-bond donors (Lipinski definition) is 0. The third-order valence-electron chi connectivity index (χ3n) is 4.76. The van der Waals surface area contributed by atoms with Crippen molar-refractivity contribution in [3.8, 4) is 0 Å². The molecule has 0 fully saturated rings. The van der Waals surface area contributed by atoms with Crippen molar-refractivity contribution in [1.29, 1.82) is 0 Å². The first-order valence-corrected chi connectivity index (χ1v) is 11.4. The molecule has 134 valence electrons. The van der Waals surface area contributed by atoms with Gasteiger partial charge in [0, 0.05) is 15.9 Å². The van der Waals surface area contributed by atoms with Crippen LogP contribution in [0.1, 0.15) is 11.1 Å². The van der Waals surface area contributed by atoms with Crippen LogP contribution in [0.25, 0.3) is 12.2 Å². The normalized spacial score (nSPS) is 12.3. The van der Waals surface area contributed by atoms with Crippen molar-refractivity contribution < 1.29 is 0 Å². The van der Waals surface area contributed by atoms with Gasteiger partial charge >= 0.3 is 0 Å². The Hall–Kier alpha value is -2.68. The van der Waals surface area contributed by atoms with E-state index < -0.39 is 0 Å². The van der Waals surface area contributed by atoms with Crippen LogP contribution in [0.4, 0.5) is 0 Å². The van der Waals surface area contributed by atoms with Crippen LogP contribution in [-0.2, 0) is 10.9 Å². The predicted molar refractivity (Wildman–Crippen MR) is 121 cm³/mol. The Bertz CT molecular complexity index is 1090. The van der Waals surface area contributed by atoms with Crippen LogP contribution in [0.15, 0.2) is 128 Å². The summed E-state index contributed by atoms with van der Waals surface area (Å²) >= 11 is 1.86. The van der Waals surface area contributed by atoms with E-state index in [1.54, 1.807) is 0 Å². The van der Waals surface area contributed by atoms with Crippen LogP contribution in [0, 0.1) is 0 Å². The predicted octanol–water partition coefficient (Wildman–Crippen LogP) is 7.42. The van der Waals surface area contributed by atoms with Crippen molar-refractivity contribution in [3.05, 3.63) is 114 Å². The van der Waals surface area contributed by atoms with Crippen LogP contribution in [0.3, 0.4) is 0 Å². The van der Waals surface area contributed by atoms with E-state index in [1.165, 1.54) is 35.6 Å². The van der Waals surface area contributed by atoms with Crippen molar-refractivity contribution >= 4 is 34.8 Å². The molecule has 0 spiro atoms. The molecule has 0 nitrogen and oxygen atoms in total. The van der Waals surface area contributed by atoms with Crippen molar-refractivity contribution in [2.24, 2.45) is 0 Å². The Balaban J connectivity index is 1.62. The van der Waals surface area contributed by atoms with Crippen molar-refractivity contribution in [3.63, 3.8) is 0 Å². The fourth-order valence-corrected chi connectivity index (χ4v) is 6.55. The Morgan fingerprint density at radius 3 is 1.75 bits per heavy atom. The summed E-state index contributed by atoms with van der Waals surface area (Å²) in [4.78, 5) is 6.68. The summed E-state index contributed by atoms with van der Waals surface area (Å²) in [6.07, 6.45) is 4.50. The van der Waals surface area contributed by atoms with Crippen LogP contribution in [-0.4, -0.2) is 0 Å². The number of hydrogen-bond acceptors (Lipinski definition) is 1. The molecule has 4 aromatic carbocycles. The highest BCUT2D eigenvalue weighted by atomic mass is 32.2. The zero-order valence-corrected chi connectivity index (χ0v) is 16.9. The summed E-state index contributed by atoms with van der Waals surface area (Å²) in [5.74, 6) is 0. The fraction of sp³-hybridized carbons (Fsp3) is 0. The standard InChI is InChI=1S/C26H19S2/c1-3-10-22(11-4-1)28(23-12-5-2-6-13-23)24-17-18-26-21(19-24)16-15-20-9-7-8-14-25(20)27-26/h1-19H/q+1. The third-order valence-corrected chi connectivity index (χ3v) is 8.15. The summed E-state index contributed by atoms with van der Waals surface area (Å²) in [6, 6.07) is 37.2. The van der Waals surface area contributed by atoms with Gasteiger partial charge in [-0.2, -0.15) is 0 Å². The summed E-state index contributed by atoms with van der Waals surface area (Å²) in [7, 11) is -0.112. The molecule has 4 aromatic rings. The molecular formula is C26H19S2+. The second-order valence-corrected chi connectivity index (χ2v) is 9.72. The monoisotopic (exact) mass is 395 g/mol. The second kappa shape index (κ2) is 7.75. The van der Waals surface area contributed by atoms with Gasteiger partial charge in [0.2, 0.25) is 0 Å². The zero-order valence-electron chi connectivity index (χ0n) is 15.3. The van der Waals surface area contributed by atoms with E-state index in [1.807, 2.05) is 11.8 Å². The number of fused-ring (bicyclic) bond motifs is 2.